The predicted octanol–water partition coefficient (Wildman–Crippen LogP) is 0.996. The fraction of sp³-hybridized carbons (Fsp3) is 0.889. The van der Waals surface area contributed by atoms with E-state index in [0.29, 0.717) is 21.2 Å². The summed E-state index contributed by atoms with van der Waals surface area (Å²) in [5, 5.41) is 9.15. The van der Waals surface area contributed by atoms with E-state index in [9.17, 15) is 4.79 Å². The number of rotatable bonds is 1. The van der Waals surface area contributed by atoms with Gasteiger partial charge in [-0.2, -0.15) is 0 Å². The van der Waals surface area contributed by atoms with Gasteiger partial charge in [0.15, 0.2) is 0 Å². The molecule has 2 nitrogen and oxygen atoms in total. The maximum Gasteiger partial charge on any atom is 0.310 e. The highest BCUT2D eigenvalue weighted by molar-refractivity contribution is 14.1. The molecule has 0 amide bonds. The van der Waals surface area contributed by atoms with E-state index in [1.807, 2.05) is 0 Å². The van der Waals surface area contributed by atoms with Crippen molar-refractivity contribution in [1.29, 1.82) is 0 Å². The minimum atomic E-state index is -0.468. The maximum atomic E-state index is 11.1. The normalized spacial score (nSPS) is 88.1. The molecule has 0 aromatic carbocycles. The number of alkyl halides is 1. The third kappa shape index (κ3) is 0.197. The number of halogens is 1. The van der Waals surface area contributed by atoms with Crippen molar-refractivity contribution in [3.05, 3.63) is 0 Å². The van der Waals surface area contributed by atoms with Gasteiger partial charge >= 0.3 is 5.97 Å². The summed E-state index contributed by atoms with van der Waals surface area (Å²) in [5.41, 5.74) is -0.146. The van der Waals surface area contributed by atoms with Crippen LogP contribution in [0.25, 0.3) is 0 Å². The molecule has 0 saturated heterocycles. The Morgan fingerprint density at radius 3 is 1.83 bits per heavy atom. The van der Waals surface area contributed by atoms with Crippen LogP contribution in [0.4, 0.5) is 0 Å². The highest BCUT2D eigenvalue weighted by atomic mass is 123. The zero-order valence-corrected chi connectivity index (χ0v) is 8.36. The summed E-state index contributed by atoms with van der Waals surface area (Å²) in [6.45, 7) is 0. The fourth-order valence-electron chi connectivity index (χ4n) is 5.82. The molecule has 0 atom stereocenters. The lowest BCUT2D eigenvalue weighted by atomic mass is 8.96. The molecule has 0 bridgehead atoms. The summed E-state index contributed by atoms with van der Waals surface area (Å²) >= 11 is 2.62. The van der Waals surface area contributed by atoms with E-state index in [0.717, 1.165) is 17.8 Å². The van der Waals surface area contributed by atoms with Crippen molar-refractivity contribution in [2.24, 2.45) is 40.9 Å². The van der Waals surface area contributed by atoms with Crippen molar-refractivity contribution in [2.75, 3.05) is 0 Å². The lowest BCUT2D eigenvalue weighted by molar-refractivity contribution is -0.574. The molecule has 0 aromatic heterocycles. The number of carboxylic acids is 1. The van der Waals surface area contributed by atoms with Crippen LogP contribution in [0.1, 0.15) is 0 Å². The van der Waals surface area contributed by atoms with Crippen LogP contribution in [0.15, 0.2) is 0 Å². The molecule has 6 saturated carbocycles. The average Bonchev–Trinajstić information content (AvgIpc) is 2.04. The van der Waals surface area contributed by atoms with Crippen molar-refractivity contribution in [3.63, 3.8) is 0 Å². The first-order valence-corrected chi connectivity index (χ1v) is 5.68. The van der Waals surface area contributed by atoms with Gasteiger partial charge in [0.05, 0.1) is 5.41 Å². The number of hydrogen-bond donors (Lipinski definition) is 1. The molecule has 0 heterocycles. The van der Waals surface area contributed by atoms with E-state index in [1.54, 1.807) is 0 Å². The van der Waals surface area contributed by atoms with Crippen LogP contribution in [-0.2, 0) is 4.79 Å². The van der Waals surface area contributed by atoms with Crippen molar-refractivity contribution >= 4 is 28.6 Å². The second-order valence-electron chi connectivity index (χ2n) is 5.22. The van der Waals surface area contributed by atoms with Crippen molar-refractivity contribution in [3.8, 4) is 0 Å². The van der Waals surface area contributed by atoms with E-state index in [2.05, 4.69) is 22.6 Å². The smallest absolute Gasteiger partial charge is 0.310 e. The van der Waals surface area contributed by atoms with Crippen LogP contribution in [0.5, 0.6) is 0 Å². The monoisotopic (exact) mass is 270 g/mol. The van der Waals surface area contributed by atoms with Gasteiger partial charge in [0.1, 0.15) is 0 Å². The van der Waals surface area contributed by atoms with Crippen molar-refractivity contribution in [2.45, 2.75) is 3.42 Å². The molecule has 12 heavy (non-hydrogen) atoms. The lowest BCUT2D eigenvalue weighted by Crippen LogP contribution is -3.12. The molecule has 0 aliphatic heterocycles. The molecule has 3 heteroatoms. The second kappa shape index (κ2) is 1.06. The zero-order valence-electron chi connectivity index (χ0n) is 6.20. The average molecular weight is 270 g/mol. The third-order valence-corrected chi connectivity index (χ3v) is 8.04. The molecule has 0 spiro atoms. The van der Waals surface area contributed by atoms with Gasteiger partial charge in [-0.05, 0) is 35.5 Å². The molecule has 6 rings (SSSR count). The Labute approximate surface area is 82.8 Å². The summed E-state index contributed by atoms with van der Waals surface area (Å²) < 4.78 is 0.634. The van der Waals surface area contributed by atoms with Gasteiger partial charge in [-0.3, -0.25) is 4.79 Å². The Morgan fingerprint density at radius 1 is 1.08 bits per heavy atom. The molecule has 0 radical (unpaired) electrons. The quantitative estimate of drug-likeness (QED) is 0.570. The first kappa shape index (κ1) is 5.83. The Morgan fingerprint density at radius 2 is 1.50 bits per heavy atom. The Bertz CT molecular complexity index is 321. The van der Waals surface area contributed by atoms with E-state index in [-0.39, 0.29) is 5.41 Å². The van der Waals surface area contributed by atoms with Crippen molar-refractivity contribution in [1.82, 2.24) is 0 Å². The molecule has 0 unspecified atom stereocenters. The number of carbonyl (C=O) groups is 1. The van der Waals surface area contributed by atoms with Gasteiger partial charge in [0.2, 0.25) is 0 Å². The van der Waals surface area contributed by atoms with E-state index >= 15 is 0 Å². The zero-order chi connectivity index (χ0) is 8.04. The van der Waals surface area contributed by atoms with Gasteiger partial charge in [-0.15, -0.1) is 0 Å². The van der Waals surface area contributed by atoms with Crippen molar-refractivity contribution < 1.29 is 9.90 Å². The first-order valence-electron chi connectivity index (χ1n) is 4.60. The summed E-state index contributed by atoms with van der Waals surface area (Å²) in [6, 6.07) is 0. The van der Waals surface area contributed by atoms with E-state index < -0.39 is 5.97 Å². The summed E-state index contributed by atoms with van der Waals surface area (Å²) in [4.78, 5) is 11.1. The molecule has 0 aromatic rings. The van der Waals surface area contributed by atoms with Crippen LogP contribution in [0.3, 0.4) is 0 Å². The van der Waals surface area contributed by atoms with Gasteiger partial charge in [0.25, 0.3) is 0 Å². The van der Waals surface area contributed by atoms with Crippen LogP contribution in [0.2, 0.25) is 0 Å². The number of aliphatic carboxylic acids is 1. The molecule has 62 valence electrons. The minimum absolute atomic E-state index is 0.146. The van der Waals surface area contributed by atoms with Gasteiger partial charge < -0.3 is 5.11 Å². The van der Waals surface area contributed by atoms with Crippen LogP contribution in [0, 0.1) is 40.9 Å². The summed E-state index contributed by atoms with van der Waals surface area (Å²) in [7, 11) is 0. The van der Waals surface area contributed by atoms with Crippen LogP contribution in [-0.4, -0.2) is 14.5 Å². The molecule has 6 fully saturated rings. The Balaban J connectivity index is 1.75. The minimum Gasteiger partial charge on any atom is -0.481 e. The summed E-state index contributed by atoms with van der Waals surface area (Å²) in [5.74, 6) is 3.95. The standard InChI is InChI=1S/C9H7IO2/c10-9-4-1-5(9)3-6(9)2(4)8(1,3)7(11)12/h1-6H,(H,11,12)/i10-4. The molecule has 6 aliphatic carbocycles. The second-order valence-corrected chi connectivity index (χ2v) is 7.09. The Kier molecular flexibility index (Phi) is 0.514. The highest BCUT2D eigenvalue weighted by Crippen LogP contribution is 3.08. The van der Waals surface area contributed by atoms with E-state index in [1.165, 1.54) is 0 Å². The predicted molar refractivity (Wildman–Crippen MR) is 47.8 cm³/mol. The third-order valence-electron chi connectivity index (χ3n) is 5.88. The lowest BCUT2D eigenvalue weighted by Gasteiger charge is -3.09. The van der Waals surface area contributed by atoms with E-state index in [4.69, 9.17) is 5.11 Å². The largest absolute Gasteiger partial charge is 0.481 e. The number of carboxylic acid groups (broad SMARTS) is 1. The van der Waals surface area contributed by atoms with Gasteiger partial charge in [0, 0.05) is 3.42 Å². The molecular weight excluding hydrogens is 263 g/mol. The summed E-state index contributed by atoms with van der Waals surface area (Å²) in [6.07, 6.45) is 0. The topological polar surface area (TPSA) is 37.3 Å². The fourth-order valence-corrected chi connectivity index (χ4v) is 8.15. The molecular formula is C9H7IO2. The van der Waals surface area contributed by atoms with Crippen LogP contribution < -0.4 is 0 Å². The molecule has 1 N–H and O–H groups in total. The number of hydrogen-bond acceptors (Lipinski definition) is 1. The van der Waals surface area contributed by atoms with Gasteiger partial charge in [-0.25, -0.2) is 0 Å². The SMILES string of the molecule is O=C(O)C12C3C4C1C1C2C3C41[123I]. The first-order chi connectivity index (χ1) is 5.68. The maximum absolute atomic E-state index is 11.1. The van der Waals surface area contributed by atoms with Gasteiger partial charge in [-0.1, -0.05) is 22.6 Å². The molecule has 6 aliphatic rings. The highest BCUT2D eigenvalue weighted by Gasteiger charge is 3.11. The van der Waals surface area contributed by atoms with Crippen LogP contribution >= 0.6 is 22.6 Å². The Hall–Kier alpha value is 0.200.